The Balaban J connectivity index is 1.57. The summed E-state index contributed by atoms with van der Waals surface area (Å²) in [6, 6.07) is 0. The van der Waals surface area contributed by atoms with Crippen LogP contribution in [0.4, 0.5) is 11.9 Å². The summed E-state index contributed by atoms with van der Waals surface area (Å²) in [6.07, 6.45) is 6.81. The first-order valence-electron chi connectivity index (χ1n) is 5.88. The van der Waals surface area contributed by atoms with Crippen LogP contribution < -0.4 is 11.1 Å². The molecule has 90 valence electrons. The van der Waals surface area contributed by atoms with Crippen LogP contribution in [-0.2, 0) is 4.74 Å². The lowest BCUT2D eigenvalue weighted by Gasteiger charge is -2.21. The molecule has 1 heterocycles. The molecule has 0 aromatic carbocycles. The molecule has 0 aliphatic heterocycles. The van der Waals surface area contributed by atoms with Crippen LogP contribution in [0.15, 0.2) is 0 Å². The second kappa shape index (κ2) is 5.69. The summed E-state index contributed by atoms with van der Waals surface area (Å²) in [5.41, 5.74) is 5.40. The molecule has 1 saturated carbocycles. The van der Waals surface area contributed by atoms with E-state index in [1.54, 1.807) is 0 Å². The average Bonchev–Trinajstić information content (AvgIpc) is 2.72. The Morgan fingerprint density at radius 3 is 2.88 bits per heavy atom. The monoisotopic (exact) mass is 225 g/mol. The van der Waals surface area contributed by atoms with Gasteiger partial charge in [-0.3, -0.25) is 0 Å². The fourth-order valence-corrected chi connectivity index (χ4v) is 1.97. The first-order chi connectivity index (χ1) is 7.84. The largest absolute Gasteiger partial charge is 0.376 e. The summed E-state index contributed by atoms with van der Waals surface area (Å²) in [6.45, 7) is 1.41. The van der Waals surface area contributed by atoms with Gasteiger partial charge in [0.15, 0.2) is 0 Å². The van der Waals surface area contributed by atoms with E-state index in [1.165, 1.54) is 32.1 Å². The van der Waals surface area contributed by atoms with Crippen LogP contribution in [0.3, 0.4) is 0 Å². The maximum Gasteiger partial charge on any atom is 0.243 e. The molecule has 0 radical (unpaired) electrons. The van der Waals surface area contributed by atoms with Crippen molar-refractivity contribution < 1.29 is 4.74 Å². The number of anilines is 2. The maximum atomic E-state index is 5.75. The molecule has 1 aliphatic carbocycles. The molecule has 0 bridgehead atoms. The maximum absolute atomic E-state index is 5.75. The minimum Gasteiger partial charge on any atom is -0.376 e. The van der Waals surface area contributed by atoms with Crippen LogP contribution in [0.25, 0.3) is 0 Å². The van der Waals surface area contributed by atoms with E-state index in [0.29, 0.717) is 31.2 Å². The molecule has 1 aliphatic rings. The fraction of sp³-hybridized carbons (Fsp3) is 0.800. The molecular weight excluding hydrogens is 206 g/mol. The molecule has 6 nitrogen and oxygen atoms in total. The standard InChI is InChI=1S/C10H19N5O/c11-9-13-10(15-14-9)12-6-7-16-8-4-2-1-3-5-8/h8H,1-7H2,(H4,11,12,13,14,15). The molecule has 2 rings (SSSR count). The SMILES string of the molecule is Nc1nc(NCCOC2CCCCC2)n[nH]1. The minimum absolute atomic E-state index is 0.329. The number of nitrogens with zero attached hydrogens (tertiary/aromatic N) is 2. The summed E-state index contributed by atoms with van der Waals surface area (Å²) in [4.78, 5) is 3.94. The molecule has 4 N–H and O–H groups in total. The number of H-pyrrole nitrogens is 1. The first kappa shape index (κ1) is 11.2. The molecule has 1 aromatic rings. The third kappa shape index (κ3) is 3.37. The molecule has 0 amide bonds. The van der Waals surface area contributed by atoms with Crippen molar-refractivity contribution in [3.8, 4) is 0 Å². The summed E-state index contributed by atoms with van der Waals surface area (Å²) in [5.74, 6) is 0.862. The summed E-state index contributed by atoms with van der Waals surface area (Å²) < 4.78 is 5.75. The predicted octanol–water partition coefficient (Wildman–Crippen LogP) is 1.15. The van der Waals surface area contributed by atoms with Gasteiger partial charge in [0.2, 0.25) is 11.9 Å². The van der Waals surface area contributed by atoms with E-state index in [4.69, 9.17) is 10.5 Å². The van der Waals surface area contributed by atoms with Gasteiger partial charge >= 0.3 is 0 Å². The molecule has 16 heavy (non-hydrogen) atoms. The van der Waals surface area contributed by atoms with Gasteiger partial charge in [-0.15, -0.1) is 5.10 Å². The Morgan fingerprint density at radius 1 is 1.38 bits per heavy atom. The number of hydrogen-bond acceptors (Lipinski definition) is 5. The summed E-state index contributed by atoms with van der Waals surface area (Å²) >= 11 is 0. The fourth-order valence-electron chi connectivity index (χ4n) is 1.97. The highest BCUT2D eigenvalue weighted by atomic mass is 16.5. The highest BCUT2D eigenvalue weighted by Crippen LogP contribution is 2.19. The zero-order valence-corrected chi connectivity index (χ0v) is 9.41. The quantitative estimate of drug-likeness (QED) is 0.654. The lowest BCUT2D eigenvalue weighted by molar-refractivity contribution is 0.0347. The zero-order valence-electron chi connectivity index (χ0n) is 9.41. The van der Waals surface area contributed by atoms with Gasteiger partial charge in [-0.2, -0.15) is 4.98 Å². The molecule has 0 atom stereocenters. The van der Waals surface area contributed by atoms with Crippen molar-refractivity contribution in [2.24, 2.45) is 0 Å². The molecule has 0 unspecified atom stereocenters. The number of nitrogens with two attached hydrogens (primary N) is 1. The van der Waals surface area contributed by atoms with Crippen LogP contribution in [0.2, 0.25) is 0 Å². The van der Waals surface area contributed by atoms with Gasteiger partial charge in [-0.1, -0.05) is 19.3 Å². The third-order valence-corrected chi connectivity index (χ3v) is 2.79. The van der Waals surface area contributed by atoms with Gasteiger partial charge in [-0.05, 0) is 12.8 Å². The van der Waals surface area contributed by atoms with Crippen molar-refractivity contribution in [2.75, 3.05) is 24.2 Å². The number of aromatic nitrogens is 3. The number of nitrogens with one attached hydrogen (secondary N) is 2. The van der Waals surface area contributed by atoms with Gasteiger partial charge in [0, 0.05) is 6.54 Å². The van der Waals surface area contributed by atoms with Gasteiger partial charge in [0.05, 0.1) is 12.7 Å². The Morgan fingerprint density at radius 2 is 2.19 bits per heavy atom. The second-order valence-corrected chi connectivity index (χ2v) is 4.10. The van der Waals surface area contributed by atoms with E-state index < -0.39 is 0 Å². The molecule has 0 saturated heterocycles. The van der Waals surface area contributed by atoms with Crippen LogP contribution in [0.1, 0.15) is 32.1 Å². The molecular formula is C10H19N5O. The van der Waals surface area contributed by atoms with E-state index in [2.05, 4.69) is 20.5 Å². The Kier molecular flexibility index (Phi) is 3.98. The van der Waals surface area contributed by atoms with Gasteiger partial charge < -0.3 is 15.8 Å². The van der Waals surface area contributed by atoms with Crippen molar-refractivity contribution in [3.05, 3.63) is 0 Å². The normalized spacial score (nSPS) is 17.5. The Hall–Kier alpha value is -1.30. The Labute approximate surface area is 95.0 Å². The second-order valence-electron chi connectivity index (χ2n) is 4.10. The number of aromatic amines is 1. The minimum atomic E-state index is 0.329. The van der Waals surface area contributed by atoms with Gasteiger partial charge in [0.25, 0.3) is 0 Å². The smallest absolute Gasteiger partial charge is 0.243 e. The topological polar surface area (TPSA) is 88.8 Å². The van der Waals surface area contributed by atoms with E-state index in [0.717, 1.165) is 0 Å². The molecule has 1 fully saturated rings. The lowest BCUT2D eigenvalue weighted by atomic mass is 9.98. The first-order valence-corrected chi connectivity index (χ1v) is 5.88. The zero-order chi connectivity index (χ0) is 11.2. The number of nitrogen functional groups attached to an aromatic ring is 1. The summed E-state index contributed by atoms with van der Waals surface area (Å²) in [7, 11) is 0. The van der Waals surface area contributed by atoms with E-state index in [1.807, 2.05) is 0 Å². The number of ether oxygens (including phenoxy) is 1. The summed E-state index contributed by atoms with van der Waals surface area (Å²) in [5, 5.41) is 9.49. The lowest BCUT2D eigenvalue weighted by Crippen LogP contribution is -2.20. The van der Waals surface area contributed by atoms with Crippen LogP contribution in [0, 0.1) is 0 Å². The van der Waals surface area contributed by atoms with Crippen LogP contribution in [-0.4, -0.2) is 34.4 Å². The van der Waals surface area contributed by atoms with Gasteiger partial charge in [-0.25, -0.2) is 5.10 Å². The van der Waals surface area contributed by atoms with Crippen molar-refractivity contribution in [1.82, 2.24) is 15.2 Å². The van der Waals surface area contributed by atoms with Crippen LogP contribution >= 0.6 is 0 Å². The van der Waals surface area contributed by atoms with Crippen molar-refractivity contribution >= 4 is 11.9 Å². The number of rotatable bonds is 5. The predicted molar refractivity (Wildman–Crippen MR) is 62.1 cm³/mol. The number of hydrogen-bond donors (Lipinski definition) is 3. The molecule has 6 heteroatoms. The van der Waals surface area contributed by atoms with E-state index in [-0.39, 0.29) is 0 Å². The molecule has 0 spiro atoms. The highest BCUT2D eigenvalue weighted by molar-refractivity contribution is 5.29. The van der Waals surface area contributed by atoms with Gasteiger partial charge in [0.1, 0.15) is 0 Å². The van der Waals surface area contributed by atoms with Crippen LogP contribution in [0.5, 0.6) is 0 Å². The van der Waals surface area contributed by atoms with E-state index in [9.17, 15) is 0 Å². The average molecular weight is 225 g/mol. The highest BCUT2D eigenvalue weighted by Gasteiger charge is 2.13. The van der Waals surface area contributed by atoms with Crippen molar-refractivity contribution in [2.45, 2.75) is 38.2 Å². The van der Waals surface area contributed by atoms with Crippen molar-refractivity contribution in [3.63, 3.8) is 0 Å². The third-order valence-electron chi connectivity index (χ3n) is 2.79. The van der Waals surface area contributed by atoms with Crippen molar-refractivity contribution in [1.29, 1.82) is 0 Å². The molecule has 1 aromatic heterocycles. The Bertz CT molecular complexity index is 308. The van der Waals surface area contributed by atoms with E-state index >= 15 is 0 Å².